The Kier molecular flexibility index (Phi) is 4.43. The summed E-state index contributed by atoms with van der Waals surface area (Å²) in [4.78, 5) is 12.5. The topological polar surface area (TPSA) is 71.9 Å². The molecule has 7 nitrogen and oxygen atoms in total. The molecule has 5 rings (SSSR count). The van der Waals surface area contributed by atoms with Crippen molar-refractivity contribution in [2.75, 3.05) is 18.6 Å². The van der Waals surface area contributed by atoms with Gasteiger partial charge in [0.15, 0.2) is 0 Å². The van der Waals surface area contributed by atoms with E-state index in [0.717, 1.165) is 64.0 Å². The fourth-order valence-corrected chi connectivity index (χ4v) is 4.46. The highest BCUT2D eigenvalue weighted by Gasteiger charge is 2.42. The number of anilines is 1. The number of aryl methyl sites for hydroxylation is 1. The molecule has 4 aromatic rings. The Balaban J connectivity index is 1.66. The Labute approximate surface area is 179 Å². The monoisotopic (exact) mass is 421 g/mol. The van der Waals surface area contributed by atoms with E-state index in [4.69, 9.17) is 21.3 Å². The first-order valence-corrected chi connectivity index (χ1v) is 10.3. The van der Waals surface area contributed by atoms with Gasteiger partial charge in [-0.15, -0.1) is 4.80 Å². The van der Waals surface area contributed by atoms with Gasteiger partial charge in [-0.05, 0) is 50.5 Å². The van der Waals surface area contributed by atoms with Crippen LogP contribution in [0.5, 0.6) is 5.75 Å². The van der Waals surface area contributed by atoms with Crippen molar-refractivity contribution in [1.82, 2.24) is 25.0 Å². The van der Waals surface area contributed by atoms with E-state index in [1.54, 1.807) is 24.3 Å². The Morgan fingerprint density at radius 1 is 1.27 bits per heavy atom. The predicted molar refractivity (Wildman–Crippen MR) is 117 cm³/mol. The fraction of sp³-hybridized carbons (Fsp3) is 0.318. The summed E-state index contributed by atoms with van der Waals surface area (Å²) in [5, 5.41) is 9.36. The van der Waals surface area contributed by atoms with Crippen molar-refractivity contribution >= 4 is 28.3 Å². The first-order chi connectivity index (χ1) is 14.5. The van der Waals surface area contributed by atoms with Crippen LogP contribution < -0.4 is 9.64 Å². The lowest BCUT2D eigenvalue weighted by Gasteiger charge is -2.36. The van der Waals surface area contributed by atoms with E-state index in [9.17, 15) is 0 Å². The second kappa shape index (κ2) is 7.02. The number of imidazole rings is 1. The van der Waals surface area contributed by atoms with Crippen LogP contribution in [0.3, 0.4) is 0 Å². The van der Waals surface area contributed by atoms with Crippen molar-refractivity contribution in [2.45, 2.75) is 32.2 Å². The quantitative estimate of drug-likeness (QED) is 0.527. The number of methoxy groups -OCH3 is 1. The molecule has 3 heterocycles. The molecule has 1 fully saturated rings. The van der Waals surface area contributed by atoms with Gasteiger partial charge >= 0.3 is 0 Å². The van der Waals surface area contributed by atoms with Crippen molar-refractivity contribution in [2.24, 2.45) is 0 Å². The van der Waals surface area contributed by atoms with Crippen LogP contribution in [0.1, 0.15) is 31.2 Å². The van der Waals surface area contributed by atoms with Crippen LogP contribution in [0.4, 0.5) is 5.69 Å². The molecular formula is C22H22ClN6O. The van der Waals surface area contributed by atoms with Gasteiger partial charge in [0, 0.05) is 23.7 Å². The second-order valence-electron chi connectivity index (χ2n) is 7.77. The summed E-state index contributed by atoms with van der Waals surface area (Å²) in [5.74, 6) is 1.66. The molecule has 1 aliphatic rings. The third-order valence-electron chi connectivity index (χ3n) is 6.01. The maximum atomic E-state index is 6.33. The van der Waals surface area contributed by atoms with Crippen molar-refractivity contribution in [3.05, 3.63) is 59.1 Å². The Morgan fingerprint density at radius 3 is 2.83 bits per heavy atom. The molecule has 0 unspecified atom stereocenters. The van der Waals surface area contributed by atoms with E-state index >= 15 is 0 Å². The largest absolute Gasteiger partial charge is 0.497 e. The summed E-state index contributed by atoms with van der Waals surface area (Å²) < 4.78 is 5.49. The molecule has 153 valence electrons. The Morgan fingerprint density at radius 2 is 2.07 bits per heavy atom. The lowest BCUT2D eigenvalue weighted by Crippen LogP contribution is -2.40. The third-order valence-corrected chi connectivity index (χ3v) is 6.42. The molecule has 30 heavy (non-hydrogen) atoms. The van der Waals surface area contributed by atoms with Crippen LogP contribution in [0.2, 0.25) is 5.02 Å². The van der Waals surface area contributed by atoms with Gasteiger partial charge in [0.25, 0.3) is 0 Å². The number of aromatic amines is 1. The van der Waals surface area contributed by atoms with Crippen LogP contribution in [-0.2, 0) is 5.54 Å². The normalized spacial score (nSPS) is 19.0. The molecule has 0 saturated carbocycles. The molecular weight excluding hydrogens is 400 g/mol. The minimum absolute atomic E-state index is 0.333. The Bertz CT molecular complexity index is 1220. The molecule has 1 aliphatic heterocycles. The number of benzene rings is 2. The number of hydrogen-bond acceptors (Lipinski definition) is 5. The lowest BCUT2D eigenvalue weighted by molar-refractivity contribution is 0.413. The number of ether oxygens (including phenoxy) is 1. The van der Waals surface area contributed by atoms with Gasteiger partial charge in [-0.1, -0.05) is 11.6 Å². The van der Waals surface area contributed by atoms with Gasteiger partial charge in [0.05, 0.1) is 41.8 Å². The first-order valence-electron chi connectivity index (χ1n) is 9.90. The molecule has 1 radical (unpaired) electrons. The van der Waals surface area contributed by atoms with Gasteiger partial charge in [0.2, 0.25) is 0 Å². The number of rotatable bonds is 4. The predicted octanol–water partition coefficient (Wildman–Crippen LogP) is 4.43. The molecule has 1 N–H and O–H groups in total. The van der Waals surface area contributed by atoms with Crippen molar-refractivity contribution < 1.29 is 4.74 Å². The highest BCUT2D eigenvalue weighted by molar-refractivity contribution is 6.32. The number of hydrogen-bond donors (Lipinski definition) is 1. The van der Waals surface area contributed by atoms with Gasteiger partial charge in [0.1, 0.15) is 17.3 Å². The van der Waals surface area contributed by atoms with E-state index in [2.05, 4.69) is 33.1 Å². The van der Waals surface area contributed by atoms with E-state index in [1.165, 1.54) is 0 Å². The number of nitrogens with zero attached hydrogens (tertiary/aromatic N) is 5. The zero-order valence-electron chi connectivity index (χ0n) is 17.1. The molecule has 0 amide bonds. The summed E-state index contributed by atoms with van der Waals surface area (Å²) in [6, 6.07) is 11.0. The molecule has 0 bridgehead atoms. The van der Waals surface area contributed by atoms with Gasteiger partial charge in [-0.3, -0.25) is 0 Å². The highest BCUT2D eigenvalue weighted by atomic mass is 35.5. The molecule has 0 aliphatic carbocycles. The highest BCUT2D eigenvalue weighted by Crippen LogP contribution is 2.44. The second-order valence-corrected chi connectivity index (χ2v) is 8.18. The van der Waals surface area contributed by atoms with Crippen LogP contribution in [0.15, 0.2) is 36.7 Å². The summed E-state index contributed by atoms with van der Waals surface area (Å²) in [7, 11) is 1.66. The summed E-state index contributed by atoms with van der Waals surface area (Å²) in [6.45, 7) is 5.10. The molecule has 1 atom stereocenters. The van der Waals surface area contributed by atoms with Crippen molar-refractivity contribution in [1.29, 1.82) is 0 Å². The summed E-state index contributed by atoms with van der Waals surface area (Å²) >= 11 is 6.33. The minimum Gasteiger partial charge on any atom is -0.497 e. The Hall–Kier alpha value is -3.06. The molecule has 1 saturated heterocycles. The number of fused-ring (bicyclic) bond motifs is 1. The van der Waals surface area contributed by atoms with Crippen molar-refractivity contribution in [3.8, 4) is 11.4 Å². The van der Waals surface area contributed by atoms with E-state index < -0.39 is 0 Å². The SMILES string of the molecule is COc1c[c]c(-n2nccn2)c(N2CCC[C@@]2(C)c2nc3c(C)c(Cl)ccc3[nH]2)c1. The number of aromatic nitrogens is 5. The smallest absolute Gasteiger partial charge is 0.132 e. The number of H-pyrrole nitrogens is 1. The molecule has 8 heteroatoms. The average Bonchev–Trinajstić information content (AvgIpc) is 3.50. The van der Waals surface area contributed by atoms with E-state index in [1.807, 2.05) is 31.2 Å². The van der Waals surface area contributed by atoms with Crippen LogP contribution >= 0.6 is 11.6 Å². The maximum absolute atomic E-state index is 6.33. The average molecular weight is 422 g/mol. The first kappa shape index (κ1) is 18.9. The maximum Gasteiger partial charge on any atom is 0.132 e. The van der Waals surface area contributed by atoms with E-state index in [-0.39, 0.29) is 5.54 Å². The fourth-order valence-electron chi connectivity index (χ4n) is 4.31. The minimum atomic E-state index is -0.333. The molecule has 2 aromatic heterocycles. The number of nitrogens with one attached hydrogen (secondary N) is 1. The van der Waals surface area contributed by atoms with Gasteiger partial charge in [-0.25, -0.2) is 4.98 Å². The molecule has 2 aromatic carbocycles. The van der Waals surface area contributed by atoms with Crippen LogP contribution in [0.25, 0.3) is 16.7 Å². The number of halogens is 1. The lowest BCUT2D eigenvalue weighted by atomic mass is 9.97. The van der Waals surface area contributed by atoms with Crippen molar-refractivity contribution in [3.63, 3.8) is 0 Å². The zero-order chi connectivity index (χ0) is 20.9. The van der Waals surface area contributed by atoms with Crippen LogP contribution in [0, 0.1) is 13.0 Å². The summed E-state index contributed by atoms with van der Waals surface area (Å²) in [6.07, 6.45) is 5.33. The molecule has 0 spiro atoms. The zero-order valence-corrected chi connectivity index (χ0v) is 17.9. The van der Waals surface area contributed by atoms with Gasteiger partial charge in [-0.2, -0.15) is 10.2 Å². The standard InChI is InChI=1S/C22H22ClN6O/c1-14-16(23)6-7-17-20(14)27-21(26-17)22(2)9-4-12-28(22)19-13-15(30-3)5-8-18(19)29-24-10-11-25-29/h5-7,10-11,13H,4,9,12H2,1-3H3,(H,26,27)/t22-/m0/s1. The third kappa shape index (κ3) is 2.84. The van der Waals surface area contributed by atoms with E-state index in [0.29, 0.717) is 0 Å². The van der Waals surface area contributed by atoms with Gasteiger partial charge < -0.3 is 14.6 Å². The van der Waals surface area contributed by atoms with Crippen LogP contribution in [-0.4, -0.2) is 38.6 Å². The summed E-state index contributed by atoms with van der Waals surface area (Å²) in [5.41, 5.74) is 4.30.